The van der Waals surface area contributed by atoms with Crippen LogP contribution in [0, 0.1) is 4.91 Å². The van der Waals surface area contributed by atoms with Gasteiger partial charge in [0.2, 0.25) is 0 Å². The standard InChI is InChI=1S/C20H23NO2/c1-2-7-17-12-18-16(10-6-11-19(18)21-22)13-20(17)23-14-15-8-4-3-5-9-15/h3-5,8-9,12-13,19H,2,6-7,10-11,14H2,1H3. The Labute approximate surface area is 137 Å². The van der Waals surface area contributed by atoms with Crippen molar-refractivity contribution >= 4 is 0 Å². The van der Waals surface area contributed by atoms with Crippen molar-refractivity contribution in [1.29, 1.82) is 0 Å². The van der Waals surface area contributed by atoms with E-state index < -0.39 is 0 Å². The smallest absolute Gasteiger partial charge is 0.123 e. The van der Waals surface area contributed by atoms with Crippen LogP contribution in [0.1, 0.15) is 54.5 Å². The highest BCUT2D eigenvalue weighted by molar-refractivity contribution is 5.45. The molecule has 0 aromatic heterocycles. The first-order valence-electron chi connectivity index (χ1n) is 8.46. The van der Waals surface area contributed by atoms with Gasteiger partial charge in [-0.2, -0.15) is 4.91 Å². The number of ether oxygens (including phenoxy) is 1. The monoisotopic (exact) mass is 309 g/mol. The Bertz CT molecular complexity index is 667. The average molecular weight is 309 g/mol. The van der Waals surface area contributed by atoms with Gasteiger partial charge in [0.15, 0.2) is 0 Å². The van der Waals surface area contributed by atoms with Gasteiger partial charge in [0.1, 0.15) is 18.4 Å². The van der Waals surface area contributed by atoms with Crippen LogP contribution in [-0.2, 0) is 19.4 Å². The van der Waals surface area contributed by atoms with Crippen LogP contribution in [0.15, 0.2) is 47.6 Å². The summed E-state index contributed by atoms with van der Waals surface area (Å²) in [7, 11) is 0. The summed E-state index contributed by atoms with van der Waals surface area (Å²) < 4.78 is 6.10. The lowest BCUT2D eigenvalue weighted by Gasteiger charge is -2.23. The molecule has 1 aliphatic carbocycles. The van der Waals surface area contributed by atoms with E-state index in [1.165, 1.54) is 16.7 Å². The lowest BCUT2D eigenvalue weighted by Crippen LogP contribution is -2.10. The topological polar surface area (TPSA) is 38.7 Å². The molecule has 0 N–H and O–H groups in total. The third-order valence-electron chi connectivity index (χ3n) is 4.49. The van der Waals surface area contributed by atoms with Gasteiger partial charge in [0, 0.05) is 0 Å². The molecule has 0 radical (unpaired) electrons. The summed E-state index contributed by atoms with van der Waals surface area (Å²) in [4.78, 5) is 11.1. The molecule has 23 heavy (non-hydrogen) atoms. The number of hydrogen-bond donors (Lipinski definition) is 0. The quantitative estimate of drug-likeness (QED) is 0.674. The highest BCUT2D eigenvalue weighted by Crippen LogP contribution is 2.37. The fourth-order valence-corrected chi connectivity index (χ4v) is 3.30. The molecule has 2 aromatic rings. The summed E-state index contributed by atoms with van der Waals surface area (Å²) >= 11 is 0. The van der Waals surface area contributed by atoms with Crippen LogP contribution in [0.25, 0.3) is 0 Å². The lowest BCUT2D eigenvalue weighted by molar-refractivity contribution is 0.302. The molecule has 0 aliphatic heterocycles. The van der Waals surface area contributed by atoms with Crippen LogP contribution < -0.4 is 4.74 Å². The second-order valence-electron chi connectivity index (χ2n) is 6.20. The number of rotatable bonds is 6. The van der Waals surface area contributed by atoms with Crippen LogP contribution >= 0.6 is 0 Å². The van der Waals surface area contributed by atoms with Crippen molar-refractivity contribution < 1.29 is 4.74 Å². The van der Waals surface area contributed by atoms with E-state index in [2.05, 4.69) is 36.4 Å². The van der Waals surface area contributed by atoms with Crippen molar-refractivity contribution in [3.8, 4) is 5.75 Å². The van der Waals surface area contributed by atoms with E-state index in [1.807, 2.05) is 18.2 Å². The van der Waals surface area contributed by atoms with Crippen LogP contribution in [0.3, 0.4) is 0 Å². The lowest BCUT2D eigenvalue weighted by atomic mass is 9.86. The van der Waals surface area contributed by atoms with Gasteiger partial charge in [0.05, 0.1) is 0 Å². The highest BCUT2D eigenvalue weighted by Gasteiger charge is 2.23. The summed E-state index contributed by atoms with van der Waals surface area (Å²) in [6.07, 6.45) is 4.92. The maximum Gasteiger partial charge on any atom is 0.123 e. The Kier molecular flexibility index (Phi) is 5.06. The van der Waals surface area contributed by atoms with Gasteiger partial charge in [-0.3, -0.25) is 0 Å². The van der Waals surface area contributed by atoms with Crippen molar-refractivity contribution in [3.63, 3.8) is 0 Å². The first kappa shape index (κ1) is 15.7. The molecule has 0 fully saturated rings. The summed E-state index contributed by atoms with van der Waals surface area (Å²) in [5.41, 5.74) is 4.70. The first-order valence-corrected chi connectivity index (χ1v) is 8.46. The fourth-order valence-electron chi connectivity index (χ4n) is 3.30. The fraction of sp³-hybridized carbons (Fsp3) is 0.400. The zero-order valence-corrected chi connectivity index (χ0v) is 13.6. The average Bonchev–Trinajstić information content (AvgIpc) is 2.60. The molecular formula is C20H23NO2. The number of benzene rings is 2. The zero-order chi connectivity index (χ0) is 16.1. The molecule has 1 unspecified atom stereocenters. The maximum atomic E-state index is 11.1. The molecule has 0 heterocycles. The third kappa shape index (κ3) is 3.61. The van der Waals surface area contributed by atoms with Crippen molar-refractivity contribution in [2.75, 3.05) is 0 Å². The van der Waals surface area contributed by atoms with Crippen molar-refractivity contribution in [2.45, 2.75) is 51.7 Å². The molecule has 1 atom stereocenters. The highest BCUT2D eigenvalue weighted by atomic mass is 16.5. The Morgan fingerprint density at radius 3 is 2.78 bits per heavy atom. The van der Waals surface area contributed by atoms with E-state index in [1.54, 1.807) is 0 Å². The number of hydrogen-bond acceptors (Lipinski definition) is 3. The second-order valence-corrected chi connectivity index (χ2v) is 6.20. The summed E-state index contributed by atoms with van der Waals surface area (Å²) in [6, 6.07) is 14.3. The van der Waals surface area contributed by atoms with E-state index in [4.69, 9.17) is 4.74 Å². The van der Waals surface area contributed by atoms with Crippen LogP contribution in [0.5, 0.6) is 5.75 Å². The molecule has 1 aliphatic rings. The minimum atomic E-state index is -0.183. The van der Waals surface area contributed by atoms with E-state index in [0.717, 1.165) is 43.4 Å². The predicted octanol–water partition coefficient (Wildman–Crippen LogP) is 5.36. The van der Waals surface area contributed by atoms with E-state index in [0.29, 0.717) is 6.61 Å². The zero-order valence-electron chi connectivity index (χ0n) is 13.6. The van der Waals surface area contributed by atoms with Crippen LogP contribution in [-0.4, -0.2) is 0 Å². The van der Waals surface area contributed by atoms with Crippen molar-refractivity contribution in [2.24, 2.45) is 5.18 Å². The molecule has 0 saturated heterocycles. The Hall–Kier alpha value is -2.16. The Morgan fingerprint density at radius 2 is 2.04 bits per heavy atom. The summed E-state index contributed by atoms with van der Waals surface area (Å²) in [6.45, 7) is 2.74. The van der Waals surface area contributed by atoms with Gasteiger partial charge in [-0.1, -0.05) is 48.9 Å². The number of nitrogens with zero attached hydrogens (tertiary/aromatic N) is 1. The van der Waals surface area contributed by atoms with Crippen molar-refractivity contribution in [1.82, 2.24) is 0 Å². The first-order chi connectivity index (χ1) is 11.3. The Balaban J connectivity index is 1.87. The van der Waals surface area contributed by atoms with Gasteiger partial charge >= 0.3 is 0 Å². The molecule has 0 spiro atoms. The van der Waals surface area contributed by atoms with Gasteiger partial charge in [-0.15, -0.1) is 0 Å². The molecule has 3 heteroatoms. The second kappa shape index (κ2) is 7.40. The van der Waals surface area contributed by atoms with E-state index in [9.17, 15) is 4.91 Å². The van der Waals surface area contributed by atoms with Crippen molar-refractivity contribution in [3.05, 3.63) is 69.6 Å². The molecule has 120 valence electrons. The largest absolute Gasteiger partial charge is 0.489 e. The third-order valence-corrected chi connectivity index (χ3v) is 4.49. The van der Waals surface area contributed by atoms with Crippen LogP contribution in [0.4, 0.5) is 0 Å². The molecule has 0 saturated carbocycles. The van der Waals surface area contributed by atoms with Gasteiger partial charge in [0.25, 0.3) is 0 Å². The van der Waals surface area contributed by atoms with E-state index in [-0.39, 0.29) is 6.04 Å². The molecule has 2 aromatic carbocycles. The Morgan fingerprint density at radius 1 is 1.22 bits per heavy atom. The molecule has 3 rings (SSSR count). The van der Waals surface area contributed by atoms with Gasteiger partial charge < -0.3 is 4.74 Å². The number of fused-ring (bicyclic) bond motifs is 1. The number of aryl methyl sites for hydroxylation is 2. The van der Waals surface area contributed by atoms with Gasteiger partial charge in [-0.05, 0) is 60.1 Å². The summed E-state index contributed by atoms with van der Waals surface area (Å²) in [5, 5.41) is 3.32. The predicted molar refractivity (Wildman–Crippen MR) is 92.7 cm³/mol. The van der Waals surface area contributed by atoms with E-state index >= 15 is 0 Å². The maximum absolute atomic E-state index is 11.1. The minimum absolute atomic E-state index is 0.183. The molecule has 0 bridgehead atoms. The normalized spacial score (nSPS) is 16.7. The van der Waals surface area contributed by atoms with Gasteiger partial charge in [-0.25, -0.2) is 0 Å². The van der Waals surface area contributed by atoms with Crippen LogP contribution in [0.2, 0.25) is 0 Å². The molecule has 3 nitrogen and oxygen atoms in total. The summed E-state index contributed by atoms with van der Waals surface area (Å²) in [5.74, 6) is 0.959. The minimum Gasteiger partial charge on any atom is -0.489 e. The molecular weight excluding hydrogens is 286 g/mol. The number of nitroso groups, excluding NO2 is 1. The SMILES string of the molecule is CCCc1cc2c(cc1OCc1ccccc1)CCCC2N=O. The molecule has 0 amide bonds.